The van der Waals surface area contributed by atoms with Crippen LogP contribution in [0.15, 0.2) is 41.0 Å². The van der Waals surface area contributed by atoms with Crippen molar-refractivity contribution in [1.29, 1.82) is 0 Å². The molecule has 1 aromatic heterocycles. The number of carbonyl (C=O) groups excluding carboxylic acids is 1. The third-order valence-electron chi connectivity index (χ3n) is 3.73. The second kappa shape index (κ2) is 5.67. The number of rotatable bonds is 3. The quantitative estimate of drug-likeness (QED) is 0.712. The van der Waals surface area contributed by atoms with Gasteiger partial charge in [0.1, 0.15) is 5.58 Å². The van der Waals surface area contributed by atoms with Crippen molar-refractivity contribution in [3.05, 3.63) is 42.4 Å². The highest BCUT2D eigenvalue weighted by atomic mass is 19.1. The topological polar surface area (TPSA) is 42.7 Å². The number of nitrogens with zero attached hydrogens (tertiary/aromatic N) is 1. The van der Waals surface area contributed by atoms with Gasteiger partial charge in [-0.3, -0.25) is 0 Å². The van der Waals surface area contributed by atoms with Gasteiger partial charge >= 0.3 is 6.09 Å². The molecule has 0 spiro atoms. The monoisotopic (exact) mass is 301 g/mol. The molecule has 0 fully saturated rings. The predicted octanol–water partition coefficient (Wildman–Crippen LogP) is 4.57. The zero-order chi connectivity index (χ0) is 15.7. The summed E-state index contributed by atoms with van der Waals surface area (Å²) in [7, 11) is 0. The average molecular weight is 301 g/mol. The molecule has 2 aromatic carbocycles. The van der Waals surface area contributed by atoms with Gasteiger partial charge in [-0.15, -0.1) is 0 Å². The molecule has 0 aliphatic rings. The number of halogens is 1. The van der Waals surface area contributed by atoms with E-state index >= 15 is 0 Å². The summed E-state index contributed by atoms with van der Waals surface area (Å²) in [6, 6.07) is 8.66. The normalized spacial score (nSPS) is 11.0. The molecule has 3 rings (SSSR count). The highest BCUT2D eigenvalue weighted by molar-refractivity contribution is 6.08. The molecule has 0 N–H and O–H groups in total. The number of hydrogen-bond donors (Lipinski definition) is 0. The molecular weight excluding hydrogens is 285 g/mol. The van der Waals surface area contributed by atoms with Crippen molar-refractivity contribution in [3.8, 4) is 5.75 Å². The fourth-order valence-corrected chi connectivity index (χ4v) is 2.54. The molecule has 114 valence electrons. The van der Waals surface area contributed by atoms with Crippen molar-refractivity contribution >= 4 is 27.8 Å². The fraction of sp³-hybridized carbons (Fsp3) is 0.235. The Hall–Kier alpha value is -2.56. The molecule has 0 radical (unpaired) electrons. The minimum Gasteiger partial charge on any atom is -0.464 e. The summed E-state index contributed by atoms with van der Waals surface area (Å²) in [6.07, 6.45) is 0.868. The Balaban J connectivity index is 2.18. The fourth-order valence-electron chi connectivity index (χ4n) is 2.54. The van der Waals surface area contributed by atoms with Crippen molar-refractivity contribution in [2.75, 3.05) is 13.1 Å². The molecular formula is C17H16FNO3. The van der Waals surface area contributed by atoms with Crippen molar-refractivity contribution in [2.24, 2.45) is 0 Å². The van der Waals surface area contributed by atoms with Crippen LogP contribution in [0.1, 0.15) is 13.8 Å². The maximum absolute atomic E-state index is 14.7. The summed E-state index contributed by atoms with van der Waals surface area (Å²) in [5, 5.41) is 1.54. The number of amides is 1. The Morgan fingerprint density at radius 1 is 1.14 bits per heavy atom. The first-order valence-electron chi connectivity index (χ1n) is 7.21. The number of furan rings is 1. The van der Waals surface area contributed by atoms with E-state index in [4.69, 9.17) is 9.15 Å². The van der Waals surface area contributed by atoms with E-state index in [-0.39, 0.29) is 5.75 Å². The highest BCUT2D eigenvalue weighted by Crippen LogP contribution is 2.37. The van der Waals surface area contributed by atoms with E-state index < -0.39 is 11.9 Å². The first-order chi connectivity index (χ1) is 10.7. The Morgan fingerprint density at radius 3 is 2.50 bits per heavy atom. The zero-order valence-corrected chi connectivity index (χ0v) is 12.4. The van der Waals surface area contributed by atoms with Crippen LogP contribution in [-0.4, -0.2) is 24.1 Å². The van der Waals surface area contributed by atoms with Gasteiger partial charge in [0.15, 0.2) is 11.6 Å². The number of ether oxygens (including phenoxy) is 1. The van der Waals surface area contributed by atoms with Gasteiger partial charge in [-0.2, -0.15) is 0 Å². The Bertz CT molecular complexity index is 836. The van der Waals surface area contributed by atoms with E-state index in [1.54, 1.807) is 12.1 Å². The molecule has 1 heterocycles. The predicted molar refractivity (Wildman–Crippen MR) is 82.6 cm³/mol. The van der Waals surface area contributed by atoms with Crippen LogP contribution < -0.4 is 4.74 Å². The van der Waals surface area contributed by atoms with Gasteiger partial charge in [0.05, 0.1) is 11.6 Å². The number of hydrogen-bond acceptors (Lipinski definition) is 3. The van der Waals surface area contributed by atoms with Gasteiger partial charge in [0.2, 0.25) is 0 Å². The molecule has 0 bridgehead atoms. The van der Waals surface area contributed by atoms with Crippen LogP contribution in [-0.2, 0) is 0 Å². The van der Waals surface area contributed by atoms with Gasteiger partial charge in [-0.05, 0) is 19.9 Å². The highest BCUT2D eigenvalue weighted by Gasteiger charge is 2.21. The number of fused-ring (bicyclic) bond motifs is 3. The van der Waals surface area contributed by atoms with E-state index in [0.29, 0.717) is 34.8 Å². The average Bonchev–Trinajstić information content (AvgIpc) is 3.02. The molecule has 0 unspecified atom stereocenters. The first kappa shape index (κ1) is 14.4. The van der Waals surface area contributed by atoms with Crippen molar-refractivity contribution in [3.63, 3.8) is 0 Å². The van der Waals surface area contributed by atoms with Gasteiger partial charge in [-0.25, -0.2) is 9.18 Å². The van der Waals surface area contributed by atoms with E-state index in [2.05, 4.69) is 0 Å². The van der Waals surface area contributed by atoms with Crippen LogP contribution in [0, 0.1) is 5.82 Å². The van der Waals surface area contributed by atoms with E-state index in [0.717, 1.165) is 0 Å². The van der Waals surface area contributed by atoms with Crippen LogP contribution in [0.5, 0.6) is 5.75 Å². The van der Waals surface area contributed by atoms with Gasteiger partial charge in [0.25, 0.3) is 0 Å². The third-order valence-corrected chi connectivity index (χ3v) is 3.73. The van der Waals surface area contributed by atoms with Crippen LogP contribution in [0.2, 0.25) is 0 Å². The molecule has 0 saturated heterocycles. The lowest BCUT2D eigenvalue weighted by atomic mass is 10.1. The third kappa shape index (κ3) is 2.19. The summed E-state index contributed by atoms with van der Waals surface area (Å²) in [6.45, 7) is 4.70. The second-order valence-corrected chi connectivity index (χ2v) is 4.89. The lowest BCUT2D eigenvalue weighted by Crippen LogP contribution is -2.33. The second-order valence-electron chi connectivity index (χ2n) is 4.89. The van der Waals surface area contributed by atoms with Gasteiger partial charge in [0, 0.05) is 23.9 Å². The van der Waals surface area contributed by atoms with Gasteiger partial charge < -0.3 is 14.1 Å². The number of carbonyl (C=O) groups is 1. The molecule has 0 aliphatic carbocycles. The molecule has 0 saturated carbocycles. The molecule has 0 aliphatic heterocycles. The summed E-state index contributed by atoms with van der Waals surface area (Å²) in [5.74, 6) is -0.635. The van der Waals surface area contributed by atoms with Crippen LogP contribution in [0.4, 0.5) is 9.18 Å². The van der Waals surface area contributed by atoms with Crippen LogP contribution in [0.3, 0.4) is 0 Å². The number of benzene rings is 2. The maximum atomic E-state index is 14.7. The minimum atomic E-state index is -0.581. The molecule has 0 atom stereocenters. The van der Waals surface area contributed by atoms with Crippen molar-refractivity contribution in [1.82, 2.24) is 4.90 Å². The van der Waals surface area contributed by atoms with Gasteiger partial charge in [-0.1, -0.05) is 24.3 Å². The Labute approximate surface area is 127 Å². The standard InChI is InChI=1S/C17H16FNO3/c1-3-19(4-2)17(20)22-16-12-8-6-5-7-11(12)15-13(14(16)18)9-10-21-15/h5-10H,3-4H2,1-2H3. The minimum absolute atomic E-state index is 0.0543. The Kier molecular flexibility index (Phi) is 3.71. The van der Waals surface area contributed by atoms with E-state index in [1.165, 1.54) is 17.2 Å². The van der Waals surface area contributed by atoms with Crippen molar-refractivity contribution < 1.29 is 18.3 Å². The largest absolute Gasteiger partial charge is 0.464 e. The first-order valence-corrected chi connectivity index (χ1v) is 7.21. The van der Waals surface area contributed by atoms with Crippen molar-refractivity contribution in [2.45, 2.75) is 13.8 Å². The zero-order valence-electron chi connectivity index (χ0n) is 12.4. The van der Waals surface area contributed by atoms with E-state index in [9.17, 15) is 9.18 Å². The summed E-state index contributed by atoms with van der Waals surface area (Å²) in [5.41, 5.74) is 0.454. The van der Waals surface area contributed by atoms with Crippen LogP contribution in [0.25, 0.3) is 21.7 Å². The molecule has 3 aromatic rings. The lowest BCUT2D eigenvalue weighted by Gasteiger charge is -2.19. The molecule has 1 amide bonds. The van der Waals surface area contributed by atoms with Crippen LogP contribution >= 0.6 is 0 Å². The summed E-state index contributed by atoms with van der Waals surface area (Å²) in [4.78, 5) is 13.7. The lowest BCUT2D eigenvalue weighted by molar-refractivity contribution is 0.156. The summed E-state index contributed by atoms with van der Waals surface area (Å²) < 4.78 is 25.4. The molecule has 5 heteroatoms. The van der Waals surface area contributed by atoms with E-state index in [1.807, 2.05) is 26.0 Å². The maximum Gasteiger partial charge on any atom is 0.415 e. The molecule has 4 nitrogen and oxygen atoms in total. The Morgan fingerprint density at radius 2 is 1.82 bits per heavy atom. The smallest absolute Gasteiger partial charge is 0.415 e. The SMILES string of the molecule is CCN(CC)C(=O)Oc1c(F)c2ccoc2c2ccccc12. The molecule has 22 heavy (non-hydrogen) atoms. The summed E-state index contributed by atoms with van der Waals surface area (Å²) >= 11 is 0.